The predicted octanol–water partition coefficient (Wildman–Crippen LogP) is 1.96. The van der Waals surface area contributed by atoms with Gasteiger partial charge in [-0.1, -0.05) is 0 Å². The lowest BCUT2D eigenvalue weighted by Gasteiger charge is -2.06. The molecule has 0 saturated heterocycles. The number of hydrogen-bond acceptors (Lipinski definition) is 2. The molecular weight excluding hydrogens is 225 g/mol. The molecule has 4 heteroatoms. The van der Waals surface area contributed by atoms with Gasteiger partial charge in [0.15, 0.2) is 5.82 Å². The highest BCUT2D eigenvalue weighted by molar-refractivity contribution is 9.10. The van der Waals surface area contributed by atoms with Crippen molar-refractivity contribution in [2.24, 2.45) is 0 Å². The van der Waals surface area contributed by atoms with E-state index in [-0.39, 0.29) is 4.60 Å². The lowest BCUT2D eigenvalue weighted by molar-refractivity contribution is 0.146. The van der Waals surface area contributed by atoms with Crippen LogP contribution in [0.1, 0.15) is 18.5 Å². The molecule has 1 N–H and O–H groups in total. The first-order chi connectivity index (χ1) is 5.62. The molecule has 0 atom stereocenters. The molecule has 64 valence electrons. The fourth-order valence-electron chi connectivity index (χ4n) is 1.05. The second kappa shape index (κ2) is 2.50. The third-order valence-corrected chi connectivity index (χ3v) is 2.56. The van der Waals surface area contributed by atoms with Gasteiger partial charge in [-0.3, -0.25) is 0 Å². The van der Waals surface area contributed by atoms with Gasteiger partial charge in [0.25, 0.3) is 0 Å². The van der Waals surface area contributed by atoms with E-state index in [1.54, 1.807) is 0 Å². The van der Waals surface area contributed by atoms with Gasteiger partial charge in [-0.05, 0) is 40.9 Å². The minimum atomic E-state index is -0.782. The van der Waals surface area contributed by atoms with Gasteiger partial charge in [0.2, 0.25) is 0 Å². The van der Waals surface area contributed by atoms with E-state index in [0.29, 0.717) is 5.69 Å². The third-order valence-electron chi connectivity index (χ3n) is 2.00. The van der Waals surface area contributed by atoms with E-state index in [2.05, 4.69) is 20.9 Å². The molecule has 2 nitrogen and oxygen atoms in total. The summed E-state index contributed by atoms with van der Waals surface area (Å²) in [5, 5.41) is 9.61. The van der Waals surface area contributed by atoms with E-state index in [9.17, 15) is 9.50 Å². The number of aliphatic hydroxyl groups is 1. The highest BCUT2D eigenvalue weighted by Gasteiger charge is 2.43. The molecule has 0 unspecified atom stereocenters. The summed E-state index contributed by atoms with van der Waals surface area (Å²) in [6, 6.07) is 2.83. The Bertz CT molecular complexity index is 325. The van der Waals surface area contributed by atoms with E-state index in [0.717, 1.165) is 12.8 Å². The van der Waals surface area contributed by atoms with Crippen LogP contribution in [-0.2, 0) is 5.60 Å². The molecule has 1 heterocycles. The lowest BCUT2D eigenvalue weighted by Crippen LogP contribution is -2.07. The Morgan fingerprint density at radius 2 is 2.17 bits per heavy atom. The quantitative estimate of drug-likeness (QED) is 0.751. The van der Waals surface area contributed by atoms with Gasteiger partial charge in [-0.25, -0.2) is 9.37 Å². The van der Waals surface area contributed by atoms with Gasteiger partial charge < -0.3 is 5.11 Å². The number of hydrogen-bond donors (Lipinski definition) is 1. The molecule has 1 aromatic rings. The summed E-state index contributed by atoms with van der Waals surface area (Å²) < 4.78 is 12.9. The molecule has 0 aliphatic heterocycles. The van der Waals surface area contributed by atoms with Gasteiger partial charge in [0, 0.05) is 0 Å². The fourth-order valence-corrected chi connectivity index (χ4v) is 1.37. The molecular formula is C8H7BrFNO. The second-order valence-electron chi connectivity index (χ2n) is 3.00. The van der Waals surface area contributed by atoms with E-state index >= 15 is 0 Å². The number of nitrogens with zero attached hydrogens (tertiary/aromatic N) is 1. The predicted molar refractivity (Wildman–Crippen MR) is 45.0 cm³/mol. The summed E-state index contributed by atoms with van der Waals surface area (Å²) in [7, 11) is 0. The summed E-state index contributed by atoms with van der Waals surface area (Å²) in [5.74, 6) is -0.400. The van der Waals surface area contributed by atoms with Crippen molar-refractivity contribution in [3.05, 3.63) is 28.2 Å². The van der Waals surface area contributed by atoms with Crippen molar-refractivity contribution in [3.63, 3.8) is 0 Å². The van der Waals surface area contributed by atoms with Crippen molar-refractivity contribution in [2.45, 2.75) is 18.4 Å². The minimum absolute atomic E-state index is 0.167. The molecule has 0 amide bonds. The Morgan fingerprint density at radius 3 is 2.67 bits per heavy atom. The number of pyridine rings is 1. The number of aromatic nitrogens is 1. The van der Waals surface area contributed by atoms with Gasteiger partial charge >= 0.3 is 0 Å². The normalized spacial score (nSPS) is 19.2. The molecule has 1 saturated carbocycles. The van der Waals surface area contributed by atoms with Crippen LogP contribution < -0.4 is 0 Å². The maximum Gasteiger partial charge on any atom is 0.155 e. The zero-order valence-electron chi connectivity index (χ0n) is 6.22. The van der Waals surface area contributed by atoms with Crippen molar-refractivity contribution in [1.29, 1.82) is 0 Å². The maximum atomic E-state index is 12.7. The van der Waals surface area contributed by atoms with Crippen LogP contribution in [0.25, 0.3) is 0 Å². The smallest absolute Gasteiger partial charge is 0.155 e. The Balaban J connectivity index is 2.41. The Kier molecular flexibility index (Phi) is 1.70. The summed E-state index contributed by atoms with van der Waals surface area (Å²) in [6.07, 6.45) is 1.44. The highest BCUT2D eigenvalue weighted by atomic mass is 79.9. The SMILES string of the molecule is OC1(c2ccc(F)c(Br)n2)CC1. The van der Waals surface area contributed by atoms with Crippen molar-refractivity contribution in [3.8, 4) is 0 Å². The summed E-state index contributed by atoms with van der Waals surface area (Å²) in [5.41, 5.74) is -0.230. The Labute approximate surface area is 77.6 Å². The minimum Gasteiger partial charge on any atom is -0.384 e. The number of rotatable bonds is 1. The van der Waals surface area contributed by atoms with Crippen molar-refractivity contribution in [2.75, 3.05) is 0 Å². The van der Waals surface area contributed by atoms with Crippen molar-refractivity contribution in [1.82, 2.24) is 4.98 Å². The van der Waals surface area contributed by atoms with E-state index < -0.39 is 11.4 Å². The van der Waals surface area contributed by atoms with E-state index in [1.807, 2.05) is 0 Å². The molecule has 1 aliphatic rings. The lowest BCUT2D eigenvalue weighted by atomic mass is 10.2. The summed E-state index contributed by atoms with van der Waals surface area (Å²) >= 11 is 2.97. The highest BCUT2D eigenvalue weighted by Crippen LogP contribution is 2.44. The summed E-state index contributed by atoms with van der Waals surface area (Å²) in [6.45, 7) is 0. The Morgan fingerprint density at radius 1 is 1.50 bits per heavy atom. The van der Waals surface area contributed by atoms with Crippen LogP contribution in [0.4, 0.5) is 4.39 Å². The molecule has 0 spiro atoms. The fraction of sp³-hybridized carbons (Fsp3) is 0.375. The Hall–Kier alpha value is -0.480. The van der Waals surface area contributed by atoms with Gasteiger partial charge in [-0.15, -0.1) is 0 Å². The standard InChI is InChI=1S/C8H7BrFNO/c9-7-5(10)1-2-6(11-7)8(12)3-4-8/h1-2,12H,3-4H2. The van der Waals surface area contributed by atoms with Crippen molar-refractivity contribution >= 4 is 15.9 Å². The van der Waals surface area contributed by atoms with Crippen LogP contribution in [0.3, 0.4) is 0 Å². The van der Waals surface area contributed by atoms with Gasteiger partial charge in [0.05, 0.1) is 5.69 Å². The molecule has 0 radical (unpaired) electrons. The first kappa shape index (κ1) is 8.13. The van der Waals surface area contributed by atoms with Crippen LogP contribution in [-0.4, -0.2) is 10.1 Å². The summed E-state index contributed by atoms with van der Waals surface area (Å²) in [4.78, 5) is 3.90. The maximum absolute atomic E-state index is 12.7. The van der Waals surface area contributed by atoms with Crippen molar-refractivity contribution < 1.29 is 9.50 Å². The van der Waals surface area contributed by atoms with Crippen LogP contribution >= 0.6 is 15.9 Å². The molecule has 1 aliphatic carbocycles. The zero-order chi connectivity index (χ0) is 8.77. The number of halogens is 2. The first-order valence-corrected chi connectivity index (χ1v) is 4.46. The van der Waals surface area contributed by atoms with Crippen LogP contribution in [0.2, 0.25) is 0 Å². The monoisotopic (exact) mass is 231 g/mol. The topological polar surface area (TPSA) is 33.1 Å². The third kappa shape index (κ3) is 1.25. The molecule has 0 aromatic carbocycles. The first-order valence-electron chi connectivity index (χ1n) is 3.67. The molecule has 1 fully saturated rings. The largest absolute Gasteiger partial charge is 0.384 e. The van der Waals surface area contributed by atoms with E-state index in [1.165, 1.54) is 12.1 Å². The average molecular weight is 232 g/mol. The van der Waals surface area contributed by atoms with Crippen LogP contribution in [0.15, 0.2) is 16.7 Å². The average Bonchev–Trinajstić information content (AvgIpc) is 2.75. The molecule has 1 aromatic heterocycles. The molecule has 12 heavy (non-hydrogen) atoms. The van der Waals surface area contributed by atoms with Crippen LogP contribution in [0.5, 0.6) is 0 Å². The molecule has 2 rings (SSSR count). The van der Waals surface area contributed by atoms with Crippen LogP contribution in [0, 0.1) is 5.82 Å². The van der Waals surface area contributed by atoms with Gasteiger partial charge in [-0.2, -0.15) is 0 Å². The van der Waals surface area contributed by atoms with Gasteiger partial charge in [0.1, 0.15) is 10.2 Å². The molecule has 0 bridgehead atoms. The zero-order valence-corrected chi connectivity index (χ0v) is 7.81. The second-order valence-corrected chi connectivity index (χ2v) is 3.75. The van der Waals surface area contributed by atoms with E-state index in [4.69, 9.17) is 0 Å².